The number of aromatic nitrogens is 1. The number of benzene rings is 2. The maximum atomic E-state index is 12.0. The number of carboxylic acids is 1. The van der Waals surface area contributed by atoms with E-state index < -0.39 is 5.97 Å². The Morgan fingerprint density at radius 2 is 1.68 bits per heavy atom. The normalized spacial score (nSPS) is 10.6. The van der Waals surface area contributed by atoms with Crippen molar-refractivity contribution in [2.45, 2.75) is 16.3 Å². The number of rotatable bonds is 6. The topological polar surface area (TPSA) is 64.2 Å². The molecule has 3 rings (SSSR count). The van der Waals surface area contributed by atoms with E-state index in [9.17, 15) is 10.0 Å². The molecule has 0 aliphatic carbocycles. The Kier molecular flexibility index (Phi) is 5.63. The van der Waals surface area contributed by atoms with E-state index in [1.165, 1.54) is 33.3 Å². The van der Waals surface area contributed by atoms with Crippen molar-refractivity contribution in [3.63, 3.8) is 0 Å². The number of aromatic carboxylic acids is 1. The van der Waals surface area contributed by atoms with E-state index >= 15 is 0 Å². The molecule has 126 valence electrons. The molecule has 4 nitrogen and oxygen atoms in total. The van der Waals surface area contributed by atoms with Gasteiger partial charge in [0.2, 0.25) is 0 Å². The lowest BCUT2D eigenvalue weighted by Gasteiger charge is -2.07. The number of pyridine rings is 1. The van der Waals surface area contributed by atoms with E-state index in [0.29, 0.717) is 5.03 Å². The van der Waals surface area contributed by atoms with Crippen LogP contribution in [-0.2, 0) is 6.42 Å². The van der Waals surface area contributed by atoms with Crippen LogP contribution >= 0.6 is 21.6 Å². The summed E-state index contributed by atoms with van der Waals surface area (Å²) in [6.45, 7) is 0. The second-order valence-electron chi connectivity index (χ2n) is 5.36. The van der Waals surface area contributed by atoms with E-state index in [4.69, 9.17) is 5.11 Å². The standard InChI is InChI=1S/C19H15NO3S2/c21-19(22)16-6-8-17(9-7-16)24-25-18-13-15(10-11-20(18)23)12-14-4-2-1-3-5-14/h1-11,13H,12H2,(H,21,22). The first-order chi connectivity index (χ1) is 12.1. The zero-order chi connectivity index (χ0) is 17.6. The van der Waals surface area contributed by atoms with Crippen LogP contribution in [0.4, 0.5) is 0 Å². The third-order valence-electron chi connectivity index (χ3n) is 3.53. The predicted molar refractivity (Wildman–Crippen MR) is 99.8 cm³/mol. The minimum Gasteiger partial charge on any atom is -0.618 e. The fraction of sp³-hybridized carbons (Fsp3) is 0.0526. The average molecular weight is 369 g/mol. The van der Waals surface area contributed by atoms with Crippen molar-refractivity contribution in [3.8, 4) is 0 Å². The summed E-state index contributed by atoms with van der Waals surface area (Å²) in [5.41, 5.74) is 2.51. The summed E-state index contributed by atoms with van der Waals surface area (Å²) in [5, 5.41) is 21.5. The van der Waals surface area contributed by atoms with Gasteiger partial charge in [-0.25, -0.2) is 4.79 Å². The quantitative estimate of drug-likeness (QED) is 0.396. The van der Waals surface area contributed by atoms with Crippen molar-refractivity contribution in [3.05, 3.63) is 94.8 Å². The minimum absolute atomic E-state index is 0.248. The van der Waals surface area contributed by atoms with Crippen molar-refractivity contribution in [2.75, 3.05) is 0 Å². The van der Waals surface area contributed by atoms with Crippen LogP contribution in [-0.4, -0.2) is 11.1 Å². The van der Waals surface area contributed by atoms with Gasteiger partial charge in [-0.1, -0.05) is 30.3 Å². The van der Waals surface area contributed by atoms with Gasteiger partial charge in [0.1, 0.15) is 0 Å². The Bertz CT molecular complexity index is 868. The molecule has 1 N–H and O–H groups in total. The zero-order valence-electron chi connectivity index (χ0n) is 13.2. The summed E-state index contributed by atoms with van der Waals surface area (Å²) >= 11 is 0. The van der Waals surface area contributed by atoms with Gasteiger partial charge < -0.3 is 10.3 Å². The summed E-state index contributed by atoms with van der Waals surface area (Å²) < 4.78 is 0.845. The molecule has 2 aromatic carbocycles. The van der Waals surface area contributed by atoms with Crippen molar-refractivity contribution >= 4 is 27.6 Å². The first-order valence-corrected chi connectivity index (χ1v) is 9.71. The van der Waals surface area contributed by atoms with Crippen LogP contribution in [0.5, 0.6) is 0 Å². The molecular weight excluding hydrogens is 354 g/mol. The van der Waals surface area contributed by atoms with Crippen LogP contribution in [0, 0.1) is 5.21 Å². The Balaban J connectivity index is 1.69. The van der Waals surface area contributed by atoms with Crippen LogP contribution < -0.4 is 4.73 Å². The van der Waals surface area contributed by atoms with Crippen molar-refractivity contribution < 1.29 is 14.6 Å². The molecule has 0 bridgehead atoms. The van der Waals surface area contributed by atoms with E-state index in [1.54, 1.807) is 24.3 Å². The highest BCUT2D eigenvalue weighted by molar-refractivity contribution is 8.76. The molecule has 3 aromatic rings. The molecule has 0 amide bonds. The maximum Gasteiger partial charge on any atom is 0.335 e. The van der Waals surface area contributed by atoms with E-state index in [1.807, 2.05) is 30.3 Å². The number of nitrogens with zero attached hydrogens (tertiary/aromatic N) is 1. The second-order valence-corrected chi connectivity index (χ2v) is 7.58. The summed E-state index contributed by atoms with van der Waals surface area (Å²) in [6, 6.07) is 20.4. The Morgan fingerprint density at radius 3 is 2.36 bits per heavy atom. The zero-order valence-corrected chi connectivity index (χ0v) is 14.8. The lowest BCUT2D eigenvalue weighted by molar-refractivity contribution is -0.645. The molecule has 1 aromatic heterocycles. The van der Waals surface area contributed by atoms with Gasteiger partial charge in [-0.2, -0.15) is 4.73 Å². The smallest absolute Gasteiger partial charge is 0.335 e. The Labute approximate surface area is 153 Å². The molecule has 1 heterocycles. The molecule has 0 radical (unpaired) electrons. The molecule has 6 heteroatoms. The van der Waals surface area contributed by atoms with Gasteiger partial charge in [0.25, 0.3) is 5.03 Å². The van der Waals surface area contributed by atoms with Crippen LogP contribution in [0.3, 0.4) is 0 Å². The Hall–Kier alpha value is -2.44. The molecule has 0 fully saturated rings. The number of hydrogen-bond acceptors (Lipinski definition) is 4. The Morgan fingerprint density at radius 1 is 0.960 bits per heavy atom. The molecule has 0 spiro atoms. The van der Waals surface area contributed by atoms with Crippen LogP contribution in [0.1, 0.15) is 21.5 Å². The van der Waals surface area contributed by atoms with Gasteiger partial charge in [0.05, 0.1) is 5.56 Å². The molecule has 0 atom stereocenters. The van der Waals surface area contributed by atoms with Crippen LogP contribution in [0.15, 0.2) is 82.8 Å². The molecule has 0 saturated heterocycles. The van der Waals surface area contributed by atoms with Gasteiger partial charge in [-0.05, 0) is 52.6 Å². The average Bonchev–Trinajstić information content (AvgIpc) is 2.63. The van der Waals surface area contributed by atoms with E-state index in [-0.39, 0.29) is 5.56 Å². The van der Waals surface area contributed by atoms with E-state index in [0.717, 1.165) is 21.6 Å². The molecule has 0 saturated carbocycles. The molecular formula is C19H15NO3S2. The van der Waals surface area contributed by atoms with Crippen molar-refractivity contribution in [2.24, 2.45) is 0 Å². The third kappa shape index (κ3) is 4.78. The molecule has 0 aliphatic heterocycles. The highest BCUT2D eigenvalue weighted by atomic mass is 33.1. The fourth-order valence-corrected chi connectivity index (χ4v) is 4.26. The largest absolute Gasteiger partial charge is 0.618 e. The fourth-order valence-electron chi connectivity index (χ4n) is 2.25. The van der Waals surface area contributed by atoms with E-state index in [2.05, 4.69) is 12.1 Å². The monoisotopic (exact) mass is 369 g/mol. The molecule has 25 heavy (non-hydrogen) atoms. The van der Waals surface area contributed by atoms with Crippen molar-refractivity contribution in [1.29, 1.82) is 0 Å². The SMILES string of the molecule is O=C(O)c1ccc(SSc2cc(Cc3ccccc3)cc[n+]2[O-])cc1. The van der Waals surface area contributed by atoms with Gasteiger partial charge in [0.15, 0.2) is 6.20 Å². The highest BCUT2D eigenvalue weighted by Crippen LogP contribution is 2.36. The minimum atomic E-state index is -0.949. The molecule has 0 unspecified atom stereocenters. The highest BCUT2D eigenvalue weighted by Gasteiger charge is 2.10. The lowest BCUT2D eigenvalue weighted by atomic mass is 10.1. The van der Waals surface area contributed by atoms with Crippen molar-refractivity contribution in [1.82, 2.24) is 0 Å². The first-order valence-electron chi connectivity index (χ1n) is 7.56. The predicted octanol–water partition coefficient (Wildman–Crippen LogP) is 4.41. The second kappa shape index (κ2) is 8.09. The third-order valence-corrected chi connectivity index (χ3v) is 5.88. The van der Waals surface area contributed by atoms with Gasteiger partial charge in [-0.15, -0.1) is 0 Å². The van der Waals surface area contributed by atoms with Gasteiger partial charge >= 0.3 is 5.97 Å². The maximum absolute atomic E-state index is 12.0. The first kappa shape index (κ1) is 17.4. The van der Waals surface area contributed by atoms with Gasteiger partial charge in [0, 0.05) is 27.8 Å². The molecule has 0 aliphatic rings. The number of hydrogen-bond donors (Lipinski definition) is 1. The van der Waals surface area contributed by atoms with Gasteiger partial charge in [-0.3, -0.25) is 0 Å². The summed E-state index contributed by atoms with van der Waals surface area (Å²) in [7, 11) is 2.78. The number of carbonyl (C=O) groups is 1. The van der Waals surface area contributed by atoms with Crippen LogP contribution in [0.2, 0.25) is 0 Å². The summed E-state index contributed by atoms with van der Waals surface area (Å²) in [5.74, 6) is -0.949. The van der Waals surface area contributed by atoms with Crippen LogP contribution in [0.25, 0.3) is 0 Å². The summed E-state index contributed by atoms with van der Waals surface area (Å²) in [6.07, 6.45) is 2.29. The number of carboxylic acid groups (broad SMARTS) is 1. The summed E-state index contributed by atoms with van der Waals surface area (Å²) in [4.78, 5) is 11.8. The lowest BCUT2D eigenvalue weighted by Crippen LogP contribution is -2.28.